The van der Waals surface area contributed by atoms with E-state index in [4.69, 9.17) is 0 Å². The lowest BCUT2D eigenvalue weighted by Crippen LogP contribution is -2.06. The monoisotopic (exact) mass is 152 g/mol. The summed E-state index contributed by atoms with van der Waals surface area (Å²) in [5.41, 5.74) is 0. The second-order valence-electron chi connectivity index (χ2n) is 2.05. The van der Waals surface area contributed by atoms with Crippen molar-refractivity contribution in [1.82, 2.24) is 0 Å². The molecule has 1 heterocycles. The highest BCUT2D eigenvalue weighted by Crippen LogP contribution is 2.24. The van der Waals surface area contributed by atoms with Gasteiger partial charge in [0, 0.05) is 0 Å². The molecule has 1 rings (SSSR count). The van der Waals surface area contributed by atoms with Crippen LogP contribution in [0.1, 0.15) is 12.8 Å². The molecule has 0 bridgehead atoms. The Bertz CT molecular complexity index is 172. The van der Waals surface area contributed by atoms with Gasteiger partial charge in [0.25, 0.3) is 0 Å². The van der Waals surface area contributed by atoms with Crippen LogP contribution >= 0.6 is 9.24 Å². The van der Waals surface area contributed by atoms with Gasteiger partial charge in [-0.15, -0.1) is 9.24 Å². The standard InChI is InChI=1S/C4H9O2PS/c5-8(6)3-1-2-4(8)7/h4H,1-3,7H2. The van der Waals surface area contributed by atoms with Gasteiger partial charge in [0.2, 0.25) is 0 Å². The topological polar surface area (TPSA) is 34.1 Å². The van der Waals surface area contributed by atoms with Crippen molar-refractivity contribution in [3.63, 3.8) is 0 Å². The lowest BCUT2D eigenvalue weighted by molar-refractivity contribution is 0.600. The van der Waals surface area contributed by atoms with Crippen LogP contribution in [0.3, 0.4) is 0 Å². The number of rotatable bonds is 0. The van der Waals surface area contributed by atoms with Gasteiger partial charge in [-0.25, -0.2) is 8.42 Å². The zero-order valence-corrected chi connectivity index (χ0v) is 6.47. The lowest BCUT2D eigenvalue weighted by atomic mass is 10.4. The van der Waals surface area contributed by atoms with Gasteiger partial charge in [-0.1, -0.05) is 0 Å². The van der Waals surface area contributed by atoms with Crippen LogP contribution in [0, 0.1) is 0 Å². The van der Waals surface area contributed by atoms with E-state index in [1.807, 2.05) is 0 Å². The third-order valence-electron chi connectivity index (χ3n) is 1.38. The molecule has 4 heteroatoms. The number of hydrogen-bond acceptors (Lipinski definition) is 2. The van der Waals surface area contributed by atoms with Crippen molar-refractivity contribution in [3.05, 3.63) is 0 Å². The molecular formula is C4H9O2PS. The Hall–Kier alpha value is 0.380. The third-order valence-corrected chi connectivity index (χ3v) is 4.97. The zero-order chi connectivity index (χ0) is 6.20. The molecule has 8 heavy (non-hydrogen) atoms. The molecule has 2 nitrogen and oxygen atoms in total. The van der Waals surface area contributed by atoms with Crippen molar-refractivity contribution in [2.75, 3.05) is 5.75 Å². The van der Waals surface area contributed by atoms with Gasteiger partial charge in [0.15, 0.2) is 9.84 Å². The summed E-state index contributed by atoms with van der Waals surface area (Å²) in [6, 6.07) is 0. The summed E-state index contributed by atoms with van der Waals surface area (Å²) in [5.74, 6) is 0.390. The molecule has 0 amide bonds. The molecule has 0 spiro atoms. The van der Waals surface area contributed by atoms with E-state index < -0.39 is 9.84 Å². The van der Waals surface area contributed by atoms with Crippen LogP contribution < -0.4 is 0 Å². The van der Waals surface area contributed by atoms with Gasteiger partial charge in [-0.2, -0.15) is 0 Å². The van der Waals surface area contributed by atoms with E-state index in [0.717, 1.165) is 12.8 Å². The SMILES string of the molecule is O=S1(=O)CCCC1P. The van der Waals surface area contributed by atoms with Crippen molar-refractivity contribution in [3.8, 4) is 0 Å². The summed E-state index contributed by atoms with van der Waals surface area (Å²) in [6.45, 7) is 0. The maximum absolute atomic E-state index is 10.7. The van der Waals surface area contributed by atoms with E-state index in [1.165, 1.54) is 0 Å². The largest absolute Gasteiger partial charge is 0.228 e. The van der Waals surface area contributed by atoms with E-state index in [0.29, 0.717) is 5.75 Å². The van der Waals surface area contributed by atoms with Crippen LogP contribution in [0.15, 0.2) is 0 Å². The van der Waals surface area contributed by atoms with Crippen LogP contribution in [0.5, 0.6) is 0 Å². The molecule has 2 unspecified atom stereocenters. The van der Waals surface area contributed by atoms with Gasteiger partial charge >= 0.3 is 0 Å². The second kappa shape index (κ2) is 1.96. The number of sulfone groups is 1. The van der Waals surface area contributed by atoms with E-state index in [-0.39, 0.29) is 4.99 Å². The molecule has 0 N–H and O–H groups in total. The quantitative estimate of drug-likeness (QED) is 0.471. The molecule has 0 aromatic rings. The van der Waals surface area contributed by atoms with Crippen LogP contribution in [-0.4, -0.2) is 19.2 Å². The van der Waals surface area contributed by atoms with Crippen LogP contribution in [0.25, 0.3) is 0 Å². The Morgan fingerprint density at radius 3 is 2.25 bits per heavy atom. The minimum absolute atomic E-state index is 0.150. The molecular weight excluding hydrogens is 143 g/mol. The van der Waals surface area contributed by atoms with E-state index in [9.17, 15) is 8.42 Å². The third kappa shape index (κ3) is 1.03. The number of hydrogen-bond donors (Lipinski definition) is 0. The normalized spacial score (nSPS) is 35.4. The first kappa shape index (κ1) is 6.50. The molecule has 0 aromatic carbocycles. The van der Waals surface area contributed by atoms with Gasteiger partial charge in [0.05, 0.1) is 10.7 Å². The summed E-state index contributed by atoms with van der Waals surface area (Å²) in [4.78, 5) is -0.150. The highest BCUT2D eigenvalue weighted by molar-refractivity contribution is 7.95. The van der Waals surface area contributed by atoms with E-state index in [2.05, 4.69) is 9.24 Å². The lowest BCUT2D eigenvalue weighted by Gasteiger charge is -1.96. The van der Waals surface area contributed by atoms with E-state index in [1.54, 1.807) is 0 Å². The van der Waals surface area contributed by atoms with E-state index >= 15 is 0 Å². The fourth-order valence-electron chi connectivity index (χ4n) is 0.817. The van der Waals surface area contributed by atoms with Crippen molar-refractivity contribution < 1.29 is 8.42 Å². The highest BCUT2D eigenvalue weighted by Gasteiger charge is 2.26. The minimum Gasteiger partial charge on any atom is -0.228 e. The molecule has 0 radical (unpaired) electrons. The van der Waals surface area contributed by atoms with Crippen LogP contribution in [0.4, 0.5) is 0 Å². The minimum atomic E-state index is -2.66. The summed E-state index contributed by atoms with van der Waals surface area (Å²) in [5, 5.41) is 0. The van der Waals surface area contributed by atoms with Crippen molar-refractivity contribution in [1.29, 1.82) is 0 Å². The summed E-state index contributed by atoms with van der Waals surface area (Å²) >= 11 is 0. The first-order chi connectivity index (χ1) is 3.63. The van der Waals surface area contributed by atoms with Crippen molar-refractivity contribution in [2.45, 2.75) is 17.8 Å². The molecule has 0 aliphatic carbocycles. The van der Waals surface area contributed by atoms with Gasteiger partial charge in [-0.05, 0) is 12.8 Å². The fourth-order valence-corrected chi connectivity index (χ4v) is 2.86. The predicted molar refractivity (Wildman–Crippen MR) is 36.5 cm³/mol. The van der Waals surface area contributed by atoms with Gasteiger partial charge in [0.1, 0.15) is 0 Å². The van der Waals surface area contributed by atoms with Gasteiger partial charge < -0.3 is 0 Å². The fraction of sp³-hybridized carbons (Fsp3) is 1.00. The maximum atomic E-state index is 10.7. The molecule has 1 aliphatic rings. The smallest absolute Gasteiger partial charge is 0.156 e. The molecule has 1 aliphatic heterocycles. The second-order valence-corrected chi connectivity index (χ2v) is 5.68. The summed E-state index contributed by atoms with van der Waals surface area (Å²) < 4.78 is 21.5. The first-order valence-electron chi connectivity index (χ1n) is 2.60. The Morgan fingerprint density at radius 1 is 1.50 bits per heavy atom. The molecule has 0 saturated carbocycles. The molecule has 1 saturated heterocycles. The highest BCUT2D eigenvalue weighted by atomic mass is 32.2. The predicted octanol–water partition coefficient (Wildman–Crippen LogP) is 0.396. The average molecular weight is 152 g/mol. The maximum Gasteiger partial charge on any atom is 0.156 e. The Morgan fingerprint density at radius 2 is 2.12 bits per heavy atom. The van der Waals surface area contributed by atoms with Crippen LogP contribution in [0.2, 0.25) is 0 Å². The Labute approximate surface area is 51.8 Å². The Kier molecular flexibility index (Phi) is 1.59. The zero-order valence-electron chi connectivity index (χ0n) is 4.50. The first-order valence-corrected chi connectivity index (χ1v) is 4.98. The van der Waals surface area contributed by atoms with Crippen molar-refractivity contribution in [2.24, 2.45) is 0 Å². The Balaban J connectivity index is 2.85. The van der Waals surface area contributed by atoms with Crippen LogP contribution in [-0.2, 0) is 9.84 Å². The average Bonchev–Trinajstić information content (AvgIpc) is 1.86. The van der Waals surface area contributed by atoms with Crippen molar-refractivity contribution >= 4 is 19.1 Å². The molecule has 0 aromatic heterocycles. The summed E-state index contributed by atoms with van der Waals surface area (Å²) in [7, 11) is -0.308. The van der Waals surface area contributed by atoms with Gasteiger partial charge in [-0.3, -0.25) is 0 Å². The molecule has 1 fully saturated rings. The summed E-state index contributed by atoms with van der Waals surface area (Å²) in [6.07, 6.45) is 1.67. The molecule has 2 atom stereocenters. The molecule has 48 valence electrons.